The highest BCUT2D eigenvalue weighted by Crippen LogP contribution is 2.36. The lowest BCUT2D eigenvalue weighted by Crippen LogP contribution is -2.63. The first-order valence-electron chi connectivity index (χ1n) is 5.95. The zero-order chi connectivity index (χ0) is 15.0. The second-order valence-electron chi connectivity index (χ2n) is 3.67. The summed E-state index contributed by atoms with van der Waals surface area (Å²) >= 11 is 3.45. The minimum Gasteiger partial charge on any atom is -0.490 e. The molecule has 0 spiro atoms. The lowest BCUT2D eigenvalue weighted by molar-refractivity contribution is -0.456. The number of hydrogen-bond donors (Lipinski definition) is 3. The van der Waals surface area contributed by atoms with Gasteiger partial charge in [-0.1, -0.05) is 12.7 Å². The molecule has 6 nitrogen and oxygen atoms in total. The fraction of sp³-hybridized carbons (Fsp3) is 0.231. The highest BCUT2D eigenvalue weighted by atomic mass is 79.9. The Kier molecular flexibility index (Phi) is 6.58. The summed E-state index contributed by atoms with van der Waals surface area (Å²) in [5.74, 6) is 1.21. The van der Waals surface area contributed by atoms with E-state index in [1.807, 2.05) is 19.1 Å². The van der Waals surface area contributed by atoms with E-state index in [2.05, 4.69) is 32.7 Å². The van der Waals surface area contributed by atoms with E-state index in [0.717, 1.165) is 10.0 Å². The number of benzene rings is 1. The standard InChI is InChI=1S/C13H17BrN4O2/c1-3-5-20-12-10(14)6-9(7-11(12)19-4-2)8-17-18-13(15)16/h3,6-8H,1,4-5H2,2H3,(H4,15,16,18)/p+1/b17-8+. The topological polar surface area (TPSA) is 96.8 Å². The lowest BCUT2D eigenvalue weighted by Gasteiger charge is -2.12. The van der Waals surface area contributed by atoms with Crippen LogP contribution >= 0.6 is 15.9 Å². The SMILES string of the molecule is C=CCOc1c(Br)cc(/C=[NH+]/N=C(N)N)cc1OCC. The molecule has 0 aromatic heterocycles. The third kappa shape index (κ3) is 4.93. The van der Waals surface area contributed by atoms with E-state index in [-0.39, 0.29) is 5.96 Å². The van der Waals surface area contributed by atoms with Crippen LogP contribution in [0.4, 0.5) is 0 Å². The number of hydrogen-bond acceptors (Lipinski definition) is 3. The maximum Gasteiger partial charge on any atom is 0.256 e. The molecule has 0 aliphatic heterocycles. The highest BCUT2D eigenvalue weighted by molar-refractivity contribution is 9.10. The van der Waals surface area contributed by atoms with Crippen LogP contribution < -0.4 is 26.0 Å². The zero-order valence-electron chi connectivity index (χ0n) is 11.2. The van der Waals surface area contributed by atoms with Crippen LogP contribution in [0, 0.1) is 0 Å². The minimum absolute atomic E-state index is 0.0451. The van der Waals surface area contributed by atoms with Gasteiger partial charge >= 0.3 is 0 Å². The van der Waals surface area contributed by atoms with Crippen molar-refractivity contribution in [3.63, 3.8) is 0 Å². The van der Waals surface area contributed by atoms with E-state index in [0.29, 0.717) is 24.7 Å². The van der Waals surface area contributed by atoms with Crippen molar-refractivity contribution >= 4 is 28.1 Å². The molecule has 0 saturated carbocycles. The molecule has 0 bridgehead atoms. The van der Waals surface area contributed by atoms with E-state index < -0.39 is 0 Å². The average Bonchev–Trinajstić information content (AvgIpc) is 2.38. The second-order valence-corrected chi connectivity index (χ2v) is 4.53. The Morgan fingerprint density at radius 1 is 1.45 bits per heavy atom. The first kappa shape index (κ1) is 16.0. The largest absolute Gasteiger partial charge is 0.490 e. The normalized spacial score (nSPS) is 10.3. The van der Waals surface area contributed by atoms with Gasteiger partial charge in [0.15, 0.2) is 11.5 Å². The van der Waals surface area contributed by atoms with Crippen molar-refractivity contribution in [2.45, 2.75) is 6.92 Å². The van der Waals surface area contributed by atoms with Crippen LogP contribution in [0.3, 0.4) is 0 Å². The summed E-state index contributed by atoms with van der Waals surface area (Å²) in [7, 11) is 0. The van der Waals surface area contributed by atoms with Crippen LogP contribution in [0.1, 0.15) is 12.5 Å². The van der Waals surface area contributed by atoms with Gasteiger partial charge in [-0.15, -0.1) is 5.10 Å². The fourth-order valence-corrected chi connectivity index (χ4v) is 1.97. The number of nitrogens with zero attached hydrogens (tertiary/aromatic N) is 1. The molecular formula is C13H18BrN4O2+. The molecule has 0 aliphatic rings. The molecule has 108 valence electrons. The van der Waals surface area contributed by atoms with Gasteiger partial charge in [0.05, 0.1) is 11.1 Å². The van der Waals surface area contributed by atoms with Crippen LogP contribution in [-0.4, -0.2) is 25.4 Å². The van der Waals surface area contributed by atoms with Crippen LogP contribution in [0.15, 0.2) is 34.4 Å². The molecule has 5 N–H and O–H groups in total. The van der Waals surface area contributed by atoms with Crippen molar-refractivity contribution in [1.29, 1.82) is 0 Å². The summed E-state index contributed by atoms with van der Waals surface area (Å²) < 4.78 is 11.9. The van der Waals surface area contributed by atoms with E-state index in [1.54, 1.807) is 12.3 Å². The van der Waals surface area contributed by atoms with Crippen LogP contribution in [0.25, 0.3) is 0 Å². The van der Waals surface area contributed by atoms with Crippen molar-refractivity contribution in [3.05, 3.63) is 34.8 Å². The summed E-state index contributed by atoms with van der Waals surface area (Å²) in [6.45, 7) is 6.45. The maximum atomic E-state index is 5.58. The molecule has 0 amide bonds. The van der Waals surface area contributed by atoms with Gasteiger partial charge in [0, 0.05) is 10.7 Å². The van der Waals surface area contributed by atoms with Gasteiger partial charge in [0.1, 0.15) is 6.61 Å². The summed E-state index contributed by atoms with van der Waals surface area (Å²) in [4.78, 5) is 0. The number of nitrogens with one attached hydrogen (secondary N) is 1. The first-order chi connectivity index (χ1) is 9.58. The van der Waals surface area contributed by atoms with Crippen molar-refractivity contribution < 1.29 is 14.6 Å². The number of hydrazone groups is 1. The number of halogens is 1. The van der Waals surface area contributed by atoms with Crippen molar-refractivity contribution in [1.82, 2.24) is 0 Å². The Labute approximate surface area is 126 Å². The monoisotopic (exact) mass is 341 g/mol. The van der Waals surface area contributed by atoms with Gasteiger partial charge in [-0.25, -0.2) is 0 Å². The molecule has 0 radical (unpaired) electrons. The molecule has 7 heteroatoms. The molecule has 0 saturated heterocycles. The summed E-state index contributed by atoms with van der Waals surface area (Å²) in [6.07, 6.45) is 3.31. The van der Waals surface area contributed by atoms with Gasteiger partial charge in [0.2, 0.25) is 6.21 Å². The highest BCUT2D eigenvalue weighted by Gasteiger charge is 2.12. The molecule has 0 unspecified atom stereocenters. The summed E-state index contributed by atoms with van der Waals surface area (Å²) in [5.41, 5.74) is 11.3. The Balaban J connectivity index is 3.08. The molecule has 1 rings (SSSR count). The van der Waals surface area contributed by atoms with Crippen LogP contribution in [0.2, 0.25) is 0 Å². The molecule has 1 aromatic rings. The summed E-state index contributed by atoms with van der Waals surface area (Å²) in [5, 5.41) is 6.30. The quantitative estimate of drug-likeness (QED) is 0.283. The predicted molar refractivity (Wildman–Crippen MR) is 82.9 cm³/mol. The van der Waals surface area contributed by atoms with Crippen molar-refractivity contribution in [2.75, 3.05) is 13.2 Å². The number of guanidine groups is 1. The van der Waals surface area contributed by atoms with Gasteiger partial charge < -0.3 is 20.9 Å². The minimum atomic E-state index is -0.0451. The third-order valence-electron chi connectivity index (χ3n) is 2.10. The van der Waals surface area contributed by atoms with Crippen LogP contribution in [-0.2, 0) is 0 Å². The Morgan fingerprint density at radius 3 is 2.80 bits per heavy atom. The fourth-order valence-electron chi connectivity index (χ4n) is 1.40. The van der Waals surface area contributed by atoms with Gasteiger partial charge in [-0.05, 0) is 35.0 Å². The van der Waals surface area contributed by atoms with E-state index in [4.69, 9.17) is 20.9 Å². The van der Waals surface area contributed by atoms with E-state index in [1.165, 1.54) is 0 Å². The van der Waals surface area contributed by atoms with Crippen LogP contribution in [0.5, 0.6) is 11.5 Å². The summed E-state index contributed by atoms with van der Waals surface area (Å²) in [6, 6.07) is 3.68. The Morgan fingerprint density at radius 2 is 2.20 bits per heavy atom. The van der Waals surface area contributed by atoms with E-state index >= 15 is 0 Å². The molecule has 0 fully saturated rings. The molecule has 20 heavy (non-hydrogen) atoms. The number of ether oxygens (including phenoxy) is 2. The lowest BCUT2D eigenvalue weighted by atomic mass is 10.2. The second kappa shape index (κ2) is 8.21. The van der Waals surface area contributed by atoms with Gasteiger partial charge in [-0.2, -0.15) is 0 Å². The number of nitrogens with two attached hydrogens (primary N) is 2. The molecule has 0 heterocycles. The molecule has 1 aromatic carbocycles. The Hall–Kier alpha value is -2.02. The number of rotatable bonds is 7. The maximum absolute atomic E-state index is 5.58. The molecular weight excluding hydrogens is 324 g/mol. The van der Waals surface area contributed by atoms with Crippen molar-refractivity contribution in [2.24, 2.45) is 16.6 Å². The average molecular weight is 342 g/mol. The predicted octanol–water partition coefficient (Wildman–Crippen LogP) is 0.101. The smallest absolute Gasteiger partial charge is 0.256 e. The molecule has 0 aliphatic carbocycles. The third-order valence-corrected chi connectivity index (χ3v) is 2.69. The van der Waals surface area contributed by atoms with E-state index in [9.17, 15) is 0 Å². The van der Waals surface area contributed by atoms with Gasteiger partial charge in [0.25, 0.3) is 5.96 Å². The Bertz CT molecular complexity index is 525. The van der Waals surface area contributed by atoms with Gasteiger partial charge in [-0.3, -0.25) is 0 Å². The molecule has 0 atom stereocenters. The first-order valence-corrected chi connectivity index (χ1v) is 6.75. The zero-order valence-corrected chi connectivity index (χ0v) is 12.8. The van der Waals surface area contributed by atoms with Crippen molar-refractivity contribution in [3.8, 4) is 11.5 Å².